The van der Waals surface area contributed by atoms with Gasteiger partial charge in [0, 0.05) is 10.2 Å². The Balaban J connectivity index is 2.08. The van der Waals surface area contributed by atoms with E-state index < -0.39 is 0 Å². The van der Waals surface area contributed by atoms with Crippen LogP contribution in [0.5, 0.6) is 0 Å². The van der Waals surface area contributed by atoms with Crippen LogP contribution >= 0.6 is 15.9 Å². The maximum absolute atomic E-state index is 13.4. The molecule has 0 aliphatic heterocycles. The number of anilines is 1. The average Bonchev–Trinajstić information content (AvgIpc) is 2.41. The summed E-state index contributed by atoms with van der Waals surface area (Å²) < 4.78 is 15.4. The van der Waals surface area contributed by atoms with E-state index in [1.165, 1.54) is 23.0 Å². The molecule has 0 atom stereocenters. The second-order valence-electron chi connectivity index (χ2n) is 4.73. The van der Waals surface area contributed by atoms with Crippen molar-refractivity contribution < 1.29 is 4.39 Å². The Bertz CT molecular complexity index is 871. The molecule has 0 saturated carbocycles. The Morgan fingerprint density at radius 2 is 2.05 bits per heavy atom. The number of nitrogen functional groups attached to an aromatic ring is 1. The second-order valence-corrected chi connectivity index (χ2v) is 5.65. The van der Waals surface area contributed by atoms with Crippen LogP contribution in [0, 0.1) is 5.82 Å². The number of rotatable bonds is 2. The number of nitrogens with zero attached hydrogens (tertiary/aromatic N) is 2. The van der Waals surface area contributed by atoms with Crippen LogP contribution in [0.25, 0.3) is 10.9 Å². The monoisotopic (exact) mass is 347 g/mol. The van der Waals surface area contributed by atoms with Crippen molar-refractivity contribution in [2.75, 3.05) is 5.73 Å². The number of hydrogen-bond donors (Lipinski definition) is 1. The zero-order valence-corrected chi connectivity index (χ0v) is 12.5. The largest absolute Gasteiger partial charge is 0.399 e. The van der Waals surface area contributed by atoms with Gasteiger partial charge in [-0.3, -0.25) is 9.36 Å². The van der Waals surface area contributed by atoms with Crippen LogP contribution in [0.4, 0.5) is 10.1 Å². The SMILES string of the molecule is Nc1ccc2ncn(Cc3cc(F)cc(Br)c3)c(=O)c2c1. The Hall–Kier alpha value is -2.21. The molecule has 106 valence electrons. The highest BCUT2D eigenvalue weighted by atomic mass is 79.9. The van der Waals surface area contributed by atoms with Gasteiger partial charge in [-0.1, -0.05) is 15.9 Å². The molecular weight excluding hydrogens is 337 g/mol. The first-order valence-electron chi connectivity index (χ1n) is 6.22. The third kappa shape index (κ3) is 2.80. The fraction of sp³-hybridized carbons (Fsp3) is 0.0667. The van der Waals surface area contributed by atoms with Gasteiger partial charge in [-0.2, -0.15) is 0 Å². The summed E-state index contributed by atoms with van der Waals surface area (Å²) in [5.41, 5.74) is 7.27. The van der Waals surface area contributed by atoms with Crippen LogP contribution in [-0.4, -0.2) is 9.55 Å². The van der Waals surface area contributed by atoms with Crippen molar-refractivity contribution in [3.8, 4) is 0 Å². The van der Waals surface area contributed by atoms with E-state index in [-0.39, 0.29) is 17.9 Å². The molecule has 2 aromatic carbocycles. The van der Waals surface area contributed by atoms with Gasteiger partial charge < -0.3 is 5.73 Å². The van der Waals surface area contributed by atoms with Gasteiger partial charge in [-0.05, 0) is 42.0 Å². The third-order valence-electron chi connectivity index (χ3n) is 3.12. The Labute approximate surface area is 128 Å². The molecule has 3 aromatic rings. The van der Waals surface area contributed by atoms with Crippen molar-refractivity contribution in [3.63, 3.8) is 0 Å². The minimum atomic E-state index is -0.356. The molecule has 0 unspecified atom stereocenters. The fourth-order valence-corrected chi connectivity index (χ4v) is 2.70. The summed E-state index contributed by atoms with van der Waals surface area (Å²) >= 11 is 3.23. The van der Waals surface area contributed by atoms with Crippen molar-refractivity contribution >= 4 is 32.5 Å². The Morgan fingerprint density at radius 1 is 1.24 bits per heavy atom. The first kappa shape index (κ1) is 13.8. The molecule has 1 heterocycles. The molecule has 0 bridgehead atoms. The zero-order valence-electron chi connectivity index (χ0n) is 10.9. The van der Waals surface area contributed by atoms with Gasteiger partial charge in [0.25, 0.3) is 5.56 Å². The van der Waals surface area contributed by atoms with Crippen molar-refractivity contribution in [3.05, 3.63) is 68.9 Å². The molecular formula is C15H11BrFN3O. The Morgan fingerprint density at radius 3 is 2.81 bits per heavy atom. The van der Waals surface area contributed by atoms with Gasteiger partial charge in [0.15, 0.2) is 0 Å². The van der Waals surface area contributed by atoms with E-state index in [9.17, 15) is 9.18 Å². The fourth-order valence-electron chi connectivity index (χ4n) is 2.19. The van der Waals surface area contributed by atoms with Crippen LogP contribution < -0.4 is 11.3 Å². The molecule has 2 N–H and O–H groups in total. The van der Waals surface area contributed by atoms with Crippen LogP contribution in [0.15, 0.2) is 52.0 Å². The predicted molar refractivity (Wildman–Crippen MR) is 83.6 cm³/mol. The quantitative estimate of drug-likeness (QED) is 0.725. The number of aromatic nitrogens is 2. The molecule has 3 rings (SSSR count). The van der Waals surface area contributed by atoms with Gasteiger partial charge in [-0.25, -0.2) is 9.37 Å². The third-order valence-corrected chi connectivity index (χ3v) is 3.58. The lowest BCUT2D eigenvalue weighted by atomic mass is 10.2. The summed E-state index contributed by atoms with van der Waals surface area (Å²) in [5.74, 6) is -0.356. The highest BCUT2D eigenvalue weighted by Gasteiger charge is 2.06. The van der Waals surface area contributed by atoms with E-state index >= 15 is 0 Å². The van der Waals surface area contributed by atoms with E-state index in [0.717, 1.165) is 0 Å². The maximum Gasteiger partial charge on any atom is 0.261 e. The number of benzene rings is 2. The summed E-state index contributed by atoms with van der Waals surface area (Å²) in [6, 6.07) is 9.52. The van der Waals surface area contributed by atoms with Crippen LogP contribution in [0.2, 0.25) is 0 Å². The van der Waals surface area contributed by atoms with Gasteiger partial charge in [0.1, 0.15) is 5.82 Å². The average molecular weight is 348 g/mol. The molecule has 0 spiro atoms. The topological polar surface area (TPSA) is 60.9 Å². The van der Waals surface area contributed by atoms with Gasteiger partial charge in [0.2, 0.25) is 0 Å². The van der Waals surface area contributed by atoms with E-state index in [4.69, 9.17) is 5.73 Å². The van der Waals surface area contributed by atoms with E-state index in [1.54, 1.807) is 24.3 Å². The summed E-state index contributed by atoms with van der Waals surface area (Å²) in [4.78, 5) is 16.6. The molecule has 0 aliphatic carbocycles. The number of halogens is 2. The highest BCUT2D eigenvalue weighted by molar-refractivity contribution is 9.10. The number of nitrogens with two attached hydrogens (primary N) is 1. The van der Waals surface area contributed by atoms with Crippen LogP contribution in [-0.2, 0) is 6.54 Å². The highest BCUT2D eigenvalue weighted by Crippen LogP contribution is 2.16. The van der Waals surface area contributed by atoms with Crippen LogP contribution in [0.1, 0.15) is 5.56 Å². The van der Waals surface area contributed by atoms with Gasteiger partial charge in [-0.15, -0.1) is 0 Å². The molecule has 0 saturated heterocycles. The number of hydrogen-bond acceptors (Lipinski definition) is 3. The summed E-state index contributed by atoms with van der Waals surface area (Å²) in [6.07, 6.45) is 1.46. The molecule has 21 heavy (non-hydrogen) atoms. The van der Waals surface area contributed by atoms with Gasteiger partial charge >= 0.3 is 0 Å². The lowest BCUT2D eigenvalue weighted by Gasteiger charge is -2.08. The molecule has 4 nitrogen and oxygen atoms in total. The normalized spacial score (nSPS) is 11.0. The maximum atomic E-state index is 13.4. The van der Waals surface area contributed by atoms with E-state index in [2.05, 4.69) is 20.9 Å². The first-order valence-corrected chi connectivity index (χ1v) is 7.02. The van der Waals surface area contributed by atoms with Crippen LogP contribution in [0.3, 0.4) is 0 Å². The zero-order chi connectivity index (χ0) is 15.0. The Kier molecular flexibility index (Phi) is 3.47. The molecule has 0 aliphatic rings. The second kappa shape index (κ2) is 5.29. The molecule has 1 aromatic heterocycles. The minimum Gasteiger partial charge on any atom is -0.399 e. The van der Waals surface area contributed by atoms with Crippen molar-refractivity contribution in [1.82, 2.24) is 9.55 Å². The standard InChI is InChI=1S/C15H11BrFN3O/c16-10-3-9(4-11(17)5-10)7-20-8-19-14-2-1-12(18)6-13(14)15(20)21/h1-6,8H,7,18H2. The van der Waals surface area contributed by atoms with Crippen molar-refractivity contribution in [1.29, 1.82) is 0 Å². The van der Waals surface area contributed by atoms with Gasteiger partial charge in [0.05, 0.1) is 23.8 Å². The predicted octanol–water partition coefficient (Wildman–Crippen LogP) is 2.93. The number of fused-ring (bicyclic) bond motifs is 1. The minimum absolute atomic E-state index is 0.201. The first-order chi connectivity index (χ1) is 10.0. The molecule has 0 radical (unpaired) electrons. The van der Waals surface area contributed by atoms with E-state index in [0.29, 0.717) is 26.6 Å². The summed E-state index contributed by atoms with van der Waals surface area (Å²) in [6.45, 7) is 0.243. The lowest BCUT2D eigenvalue weighted by molar-refractivity contribution is 0.621. The summed E-state index contributed by atoms with van der Waals surface area (Å²) in [7, 11) is 0. The summed E-state index contributed by atoms with van der Waals surface area (Å²) in [5, 5.41) is 0.452. The molecule has 0 fully saturated rings. The smallest absolute Gasteiger partial charge is 0.261 e. The van der Waals surface area contributed by atoms with E-state index in [1.807, 2.05) is 0 Å². The van der Waals surface area contributed by atoms with Crippen molar-refractivity contribution in [2.24, 2.45) is 0 Å². The molecule has 0 amide bonds. The molecule has 6 heteroatoms. The van der Waals surface area contributed by atoms with Crippen molar-refractivity contribution in [2.45, 2.75) is 6.54 Å². The lowest BCUT2D eigenvalue weighted by Crippen LogP contribution is -2.21.